The molecule has 0 saturated carbocycles. The van der Waals surface area contributed by atoms with Gasteiger partial charge in [-0.05, 0) is 12.5 Å². The number of carbonyl (C=O) groups excluding carboxylic acids is 1. The van der Waals surface area contributed by atoms with E-state index < -0.39 is 12.0 Å². The number of hydrogen-bond donors (Lipinski definition) is 0. The minimum atomic E-state index is -1.79. The van der Waals surface area contributed by atoms with Crippen molar-refractivity contribution in [1.29, 1.82) is 0 Å². The molecule has 0 aliphatic carbocycles. The summed E-state index contributed by atoms with van der Waals surface area (Å²) in [6.45, 7) is 0.878. The van der Waals surface area contributed by atoms with Gasteiger partial charge in [0.25, 0.3) is 6.08 Å². The molecule has 86 valence electrons. The Labute approximate surface area is 91.2 Å². The van der Waals surface area contributed by atoms with Gasteiger partial charge in [0, 0.05) is 18.9 Å². The summed E-state index contributed by atoms with van der Waals surface area (Å²) in [6.07, 6.45) is 4.32. The van der Waals surface area contributed by atoms with Crippen LogP contribution in [0.5, 0.6) is 0 Å². The number of likely N-dealkylation sites (tertiary alicyclic amines) is 1. The first kappa shape index (κ1) is 10.8. The Kier molecular flexibility index (Phi) is 2.98. The van der Waals surface area contributed by atoms with E-state index in [-0.39, 0.29) is 5.91 Å². The molecule has 0 radical (unpaired) electrons. The summed E-state index contributed by atoms with van der Waals surface area (Å²) in [4.78, 5) is 17.1. The van der Waals surface area contributed by atoms with Crippen LogP contribution in [-0.4, -0.2) is 26.9 Å². The number of amides is 1. The molecule has 1 saturated heterocycles. The highest BCUT2D eigenvalue weighted by atomic mass is 19.3. The maximum absolute atomic E-state index is 12.0. The standard InChI is InChI=1S/C10H11F2N3O/c11-9(12)5-8-1-3-15(10(8)16)7-14-4-2-13-6-14/h2,4-6,8H,1,3,7H2. The van der Waals surface area contributed by atoms with Gasteiger partial charge in [-0.25, -0.2) is 4.98 Å². The largest absolute Gasteiger partial charge is 0.324 e. The van der Waals surface area contributed by atoms with Crippen LogP contribution in [0.1, 0.15) is 6.42 Å². The Morgan fingerprint density at radius 1 is 1.62 bits per heavy atom. The highest BCUT2D eigenvalue weighted by Gasteiger charge is 2.30. The van der Waals surface area contributed by atoms with Crippen LogP contribution in [0.3, 0.4) is 0 Å². The molecular weight excluding hydrogens is 216 g/mol. The van der Waals surface area contributed by atoms with Crippen molar-refractivity contribution in [3.05, 3.63) is 30.9 Å². The lowest BCUT2D eigenvalue weighted by atomic mass is 10.1. The number of aromatic nitrogens is 2. The third-order valence-electron chi connectivity index (χ3n) is 2.56. The van der Waals surface area contributed by atoms with E-state index in [1.807, 2.05) is 0 Å². The molecule has 2 heterocycles. The quantitative estimate of drug-likeness (QED) is 0.784. The molecule has 0 aromatic carbocycles. The Morgan fingerprint density at radius 2 is 2.44 bits per heavy atom. The van der Waals surface area contributed by atoms with E-state index in [2.05, 4.69) is 4.98 Å². The first-order valence-corrected chi connectivity index (χ1v) is 4.94. The molecule has 1 aliphatic heterocycles. The van der Waals surface area contributed by atoms with Crippen molar-refractivity contribution in [1.82, 2.24) is 14.5 Å². The summed E-state index contributed by atoms with van der Waals surface area (Å²) in [5.41, 5.74) is 0. The lowest BCUT2D eigenvalue weighted by molar-refractivity contribution is -0.131. The van der Waals surface area contributed by atoms with E-state index in [9.17, 15) is 13.6 Å². The molecule has 1 aliphatic rings. The van der Waals surface area contributed by atoms with Crippen molar-refractivity contribution >= 4 is 5.91 Å². The molecule has 0 bridgehead atoms. The minimum Gasteiger partial charge on any atom is -0.324 e. The molecule has 1 atom stereocenters. The van der Waals surface area contributed by atoms with Gasteiger partial charge in [0.2, 0.25) is 5.91 Å². The van der Waals surface area contributed by atoms with Crippen LogP contribution in [-0.2, 0) is 11.5 Å². The molecule has 1 unspecified atom stereocenters. The fourth-order valence-corrected chi connectivity index (χ4v) is 1.78. The van der Waals surface area contributed by atoms with Gasteiger partial charge in [0.1, 0.15) is 0 Å². The van der Waals surface area contributed by atoms with Gasteiger partial charge in [-0.2, -0.15) is 8.78 Å². The van der Waals surface area contributed by atoms with Crippen molar-refractivity contribution in [2.75, 3.05) is 6.54 Å². The number of halogens is 2. The van der Waals surface area contributed by atoms with Crippen molar-refractivity contribution in [2.45, 2.75) is 13.1 Å². The van der Waals surface area contributed by atoms with Crippen LogP contribution < -0.4 is 0 Å². The molecule has 1 amide bonds. The molecule has 2 rings (SSSR count). The SMILES string of the molecule is O=C1C(C=C(F)F)CCN1Cn1ccnc1. The molecule has 1 fully saturated rings. The smallest absolute Gasteiger partial charge is 0.267 e. The van der Waals surface area contributed by atoms with Crippen LogP contribution >= 0.6 is 0 Å². The Bertz CT molecular complexity index is 398. The van der Waals surface area contributed by atoms with Gasteiger partial charge in [-0.15, -0.1) is 0 Å². The summed E-state index contributed by atoms with van der Waals surface area (Å²) < 4.78 is 25.8. The van der Waals surface area contributed by atoms with E-state index in [1.54, 1.807) is 28.2 Å². The number of carbonyl (C=O) groups is 1. The van der Waals surface area contributed by atoms with Gasteiger partial charge in [-0.3, -0.25) is 4.79 Å². The van der Waals surface area contributed by atoms with Crippen LogP contribution in [0.2, 0.25) is 0 Å². The van der Waals surface area contributed by atoms with Gasteiger partial charge in [0.15, 0.2) is 0 Å². The number of rotatable bonds is 3. The van der Waals surface area contributed by atoms with Crippen molar-refractivity contribution in [3.8, 4) is 0 Å². The van der Waals surface area contributed by atoms with Crippen molar-refractivity contribution < 1.29 is 13.6 Å². The number of imidazole rings is 1. The average Bonchev–Trinajstić information content (AvgIpc) is 2.82. The Hall–Kier alpha value is -1.72. The summed E-state index contributed by atoms with van der Waals surface area (Å²) in [5, 5.41) is 0. The van der Waals surface area contributed by atoms with Crippen LogP contribution in [0.4, 0.5) is 8.78 Å². The first-order valence-electron chi connectivity index (χ1n) is 4.94. The van der Waals surface area contributed by atoms with Gasteiger partial charge < -0.3 is 9.47 Å². The van der Waals surface area contributed by atoms with Crippen LogP contribution in [0, 0.1) is 5.92 Å². The Morgan fingerprint density at radius 3 is 3.06 bits per heavy atom. The molecular formula is C10H11F2N3O. The fraction of sp³-hybridized carbons (Fsp3) is 0.400. The zero-order chi connectivity index (χ0) is 11.5. The highest BCUT2D eigenvalue weighted by molar-refractivity contribution is 5.82. The van der Waals surface area contributed by atoms with E-state index in [1.165, 1.54) is 0 Å². The summed E-state index contributed by atoms with van der Waals surface area (Å²) in [7, 11) is 0. The minimum absolute atomic E-state index is 0.249. The third-order valence-corrected chi connectivity index (χ3v) is 2.56. The van der Waals surface area contributed by atoms with Gasteiger partial charge >= 0.3 is 0 Å². The van der Waals surface area contributed by atoms with E-state index in [4.69, 9.17) is 0 Å². The average molecular weight is 227 g/mol. The monoisotopic (exact) mass is 227 g/mol. The topological polar surface area (TPSA) is 38.1 Å². The second-order valence-corrected chi connectivity index (χ2v) is 3.67. The highest BCUT2D eigenvalue weighted by Crippen LogP contribution is 2.21. The van der Waals surface area contributed by atoms with Gasteiger partial charge in [-0.1, -0.05) is 0 Å². The summed E-state index contributed by atoms with van der Waals surface area (Å²) >= 11 is 0. The normalized spacial score (nSPS) is 20.2. The summed E-state index contributed by atoms with van der Waals surface area (Å²) in [6, 6.07) is 0. The maximum atomic E-state index is 12.0. The lowest BCUT2D eigenvalue weighted by Gasteiger charge is -2.16. The van der Waals surface area contributed by atoms with Crippen molar-refractivity contribution in [3.63, 3.8) is 0 Å². The second-order valence-electron chi connectivity index (χ2n) is 3.67. The summed E-state index contributed by atoms with van der Waals surface area (Å²) in [5.74, 6) is -0.921. The van der Waals surface area contributed by atoms with E-state index in [0.29, 0.717) is 19.6 Å². The van der Waals surface area contributed by atoms with Gasteiger partial charge in [0.05, 0.1) is 18.9 Å². The predicted molar refractivity (Wildman–Crippen MR) is 52.3 cm³/mol. The maximum Gasteiger partial charge on any atom is 0.267 e. The zero-order valence-electron chi connectivity index (χ0n) is 8.51. The molecule has 0 spiro atoms. The predicted octanol–water partition coefficient (Wildman–Crippen LogP) is 1.47. The number of nitrogens with zero attached hydrogens (tertiary/aromatic N) is 3. The third kappa shape index (κ3) is 2.26. The van der Waals surface area contributed by atoms with Crippen LogP contribution in [0.15, 0.2) is 30.9 Å². The number of hydrogen-bond acceptors (Lipinski definition) is 2. The Balaban J connectivity index is 2.00. The molecule has 16 heavy (non-hydrogen) atoms. The fourth-order valence-electron chi connectivity index (χ4n) is 1.78. The zero-order valence-corrected chi connectivity index (χ0v) is 8.51. The van der Waals surface area contributed by atoms with Crippen LogP contribution in [0.25, 0.3) is 0 Å². The molecule has 1 aromatic rings. The first-order chi connectivity index (χ1) is 7.66. The molecule has 1 aromatic heterocycles. The molecule has 6 heteroatoms. The molecule has 0 N–H and O–H groups in total. The van der Waals surface area contributed by atoms with E-state index in [0.717, 1.165) is 6.08 Å². The van der Waals surface area contributed by atoms with Crippen molar-refractivity contribution in [2.24, 2.45) is 5.92 Å². The lowest BCUT2D eigenvalue weighted by Crippen LogP contribution is -2.28. The second kappa shape index (κ2) is 4.42. The van der Waals surface area contributed by atoms with E-state index >= 15 is 0 Å². The molecule has 4 nitrogen and oxygen atoms in total.